The average Bonchev–Trinajstić information content (AvgIpc) is 3.43. The highest BCUT2D eigenvalue weighted by molar-refractivity contribution is 6.10. The molecule has 3 N–H and O–H groups in total. The number of amides is 2. The van der Waals surface area contributed by atoms with Crippen molar-refractivity contribution in [2.24, 2.45) is 5.41 Å². The van der Waals surface area contributed by atoms with Gasteiger partial charge in [-0.1, -0.05) is 5.57 Å². The van der Waals surface area contributed by atoms with Gasteiger partial charge in [-0.05, 0) is 103 Å². The molecule has 1 saturated heterocycles. The molecule has 1 aliphatic heterocycles. The fourth-order valence-corrected chi connectivity index (χ4v) is 6.36. The van der Waals surface area contributed by atoms with Crippen molar-refractivity contribution in [3.63, 3.8) is 0 Å². The third-order valence-corrected chi connectivity index (χ3v) is 8.66. The van der Waals surface area contributed by atoms with E-state index in [1.54, 1.807) is 27.7 Å². The quantitative estimate of drug-likeness (QED) is 0.305. The van der Waals surface area contributed by atoms with E-state index >= 15 is 0 Å². The number of esters is 1. The summed E-state index contributed by atoms with van der Waals surface area (Å²) in [5, 5.41) is 23.1. The number of allylic oxidation sites excluding steroid dienone is 4. The van der Waals surface area contributed by atoms with E-state index in [2.05, 4.69) is 5.32 Å². The van der Waals surface area contributed by atoms with Gasteiger partial charge < -0.3 is 29.9 Å². The minimum absolute atomic E-state index is 0.145. The molecule has 3 atom stereocenters. The molecule has 10 nitrogen and oxygen atoms in total. The summed E-state index contributed by atoms with van der Waals surface area (Å²) in [7, 11) is 0. The van der Waals surface area contributed by atoms with Gasteiger partial charge in [-0.25, -0.2) is 9.59 Å². The molecule has 4 aliphatic rings. The van der Waals surface area contributed by atoms with Gasteiger partial charge in [0.25, 0.3) is 0 Å². The number of ketones is 1. The van der Waals surface area contributed by atoms with E-state index in [4.69, 9.17) is 9.47 Å². The van der Waals surface area contributed by atoms with Gasteiger partial charge in [-0.3, -0.25) is 9.59 Å². The summed E-state index contributed by atoms with van der Waals surface area (Å²) in [4.78, 5) is 52.6. The number of aliphatic hydroxyl groups is 2. The van der Waals surface area contributed by atoms with Crippen molar-refractivity contribution in [1.82, 2.24) is 10.2 Å². The second-order valence-electron chi connectivity index (χ2n) is 12.5. The van der Waals surface area contributed by atoms with Gasteiger partial charge >= 0.3 is 12.1 Å². The summed E-state index contributed by atoms with van der Waals surface area (Å²) < 4.78 is 10.7. The number of likely N-dealkylation sites (tertiary alicyclic amines) is 1. The van der Waals surface area contributed by atoms with Crippen molar-refractivity contribution in [3.8, 4) is 0 Å². The third-order valence-electron chi connectivity index (χ3n) is 8.66. The molecule has 2 amide bonds. The van der Waals surface area contributed by atoms with Crippen LogP contribution in [0.5, 0.6) is 0 Å². The van der Waals surface area contributed by atoms with Crippen LogP contribution in [0.25, 0.3) is 0 Å². The summed E-state index contributed by atoms with van der Waals surface area (Å²) in [6.07, 6.45) is 4.79. The number of nitrogens with one attached hydrogen (secondary N) is 1. The molecular weight excluding hydrogens is 516 g/mol. The zero-order chi connectivity index (χ0) is 29.6. The fraction of sp³-hybridized carbons (Fsp3) is 0.667. The van der Waals surface area contributed by atoms with Gasteiger partial charge in [0.2, 0.25) is 5.91 Å². The molecular formula is C30H42N2O8. The molecule has 10 heteroatoms. The second kappa shape index (κ2) is 10.8. The summed E-state index contributed by atoms with van der Waals surface area (Å²) in [6, 6.07) is -2.02. The van der Waals surface area contributed by atoms with Crippen molar-refractivity contribution >= 4 is 23.8 Å². The Labute approximate surface area is 235 Å². The van der Waals surface area contributed by atoms with E-state index in [1.165, 1.54) is 4.90 Å². The van der Waals surface area contributed by atoms with Crippen LogP contribution in [0.3, 0.4) is 0 Å². The largest absolute Gasteiger partial charge is 0.464 e. The van der Waals surface area contributed by atoms with Gasteiger partial charge in [-0.15, -0.1) is 0 Å². The van der Waals surface area contributed by atoms with Gasteiger partial charge in [0.05, 0.1) is 13.2 Å². The summed E-state index contributed by atoms with van der Waals surface area (Å²) in [6.45, 7) is 10.5. The average molecular weight is 559 g/mol. The first-order valence-electron chi connectivity index (χ1n) is 14.1. The van der Waals surface area contributed by atoms with Crippen molar-refractivity contribution in [1.29, 1.82) is 0 Å². The maximum atomic E-state index is 13.1. The van der Waals surface area contributed by atoms with E-state index < -0.39 is 53.3 Å². The van der Waals surface area contributed by atoms with E-state index in [9.17, 15) is 29.4 Å². The predicted octanol–water partition coefficient (Wildman–Crippen LogP) is 2.87. The lowest BCUT2D eigenvalue weighted by molar-refractivity contribution is -0.154. The Bertz CT molecular complexity index is 1200. The fourth-order valence-electron chi connectivity index (χ4n) is 6.36. The monoisotopic (exact) mass is 558 g/mol. The Morgan fingerprint density at radius 1 is 1.23 bits per heavy atom. The molecule has 0 unspecified atom stereocenters. The number of carbonyl (C=O) groups is 4. The Morgan fingerprint density at radius 2 is 1.90 bits per heavy atom. The molecule has 0 radical (unpaired) electrons. The first-order chi connectivity index (χ1) is 18.6. The molecule has 40 heavy (non-hydrogen) atoms. The van der Waals surface area contributed by atoms with E-state index in [1.807, 2.05) is 19.9 Å². The van der Waals surface area contributed by atoms with Crippen LogP contribution < -0.4 is 5.32 Å². The standard InChI is InChI=1S/C30H42N2O8/c1-17-15-20-23(18(2)30(11-12-30)29(6,38)24(20)34)19(17)9-8-14-39-26(36)22-10-7-13-32(22)25(35)21(16-33)31-27(37)40-28(3,4)5/h15,21-22,33,38H,7-14,16H2,1-6H3,(H,31,37)/t21-,22-,29-/m0/s1. The molecule has 0 aromatic rings. The van der Waals surface area contributed by atoms with Crippen LogP contribution in [0.1, 0.15) is 80.1 Å². The van der Waals surface area contributed by atoms with Gasteiger partial charge in [0.15, 0.2) is 5.78 Å². The lowest BCUT2D eigenvalue weighted by Crippen LogP contribution is -2.54. The smallest absolute Gasteiger partial charge is 0.408 e. The Morgan fingerprint density at radius 3 is 2.50 bits per heavy atom. The summed E-state index contributed by atoms with van der Waals surface area (Å²) >= 11 is 0. The summed E-state index contributed by atoms with van der Waals surface area (Å²) in [5.74, 6) is -1.31. The van der Waals surface area contributed by atoms with Crippen LogP contribution in [0.2, 0.25) is 0 Å². The first-order valence-corrected chi connectivity index (χ1v) is 14.1. The van der Waals surface area contributed by atoms with E-state index in [0.717, 1.165) is 35.1 Å². The zero-order valence-corrected chi connectivity index (χ0v) is 24.4. The number of fused-ring (bicyclic) bond motifs is 1. The number of ether oxygens (including phenoxy) is 2. The Hall–Kier alpha value is -2.98. The molecule has 1 saturated carbocycles. The lowest BCUT2D eigenvalue weighted by atomic mass is 9.67. The molecule has 220 valence electrons. The molecule has 0 bridgehead atoms. The molecule has 1 heterocycles. The summed E-state index contributed by atoms with van der Waals surface area (Å²) in [5.41, 5.74) is 1.97. The third kappa shape index (κ3) is 5.35. The van der Waals surface area contributed by atoms with Crippen LogP contribution in [-0.2, 0) is 23.9 Å². The van der Waals surface area contributed by atoms with Crippen LogP contribution >= 0.6 is 0 Å². The highest BCUT2D eigenvalue weighted by Crippen LogP contribution is 2.65. The highest BCUT2D eigenvalue weighted by Gasteiger charge is 2.65. The normalized spacial score (nSPS) is 26.1. The number of alkyl carbamates (subject to hydrolysis) is 1. The number of nitrogens with zero attached hydrogens (tertiary/aromatic N) is 1. The number of Topliss-reactive ketones (excluding diaryl/α,β-unsaturated/α-hetero) is 1. The van der Waals surface area contributed by atoms with Gasteiger partial charge in [-0.2, -0.15) is 0 Å². The number of hydrogen-bond acceptors (Lipinski definition) is 8. The number of carbonyl (C=O) groups excluding carboxylic acids is 4. The minimum Gasteiger partial charge on any atom is -0.464 e. The van der Waals surface area contributed by atoms with Gasteiger partial charge in [0.1, 0.15) is 23.3 Å². The first kappa shape index (κ1) is 30.0. The second-order valence-corrected chi connectivity index (χ2v) is 12.5. The SMILES string of the molecule is CC1=C(CCCOC(=O)[C@@H]2CCCN2C(=O)[C@H](CO)NC(=O)OC(C)(C)C)C2=C(C)C3(CC3)[C@@](C)(O)C(=O)C2=C1. The molecule has 0 aromatic carbocycles. The Kier molecular flexibility index (Phi) is 8.08. The predicted molar refractivity (Wildman–Crippen MR) is 146 cm³/mol. The van der Waals surface area contributed by atoms with Crippen molar-refractivity contribution in [2.45, 2.75) is 103 Å². The minimum atomic E-state index is -1.39. The lowest BCUT2D eigenvalue weighted by Gasteiger charge is -2.39. The van der Waals surface area contributed by atoms with Crippen LogP contribution in [0.15, 0.2) is 33.9 Å². The zero-order valence-electron chi connectivity index (χ0n) is 24.4. The van der Waals surface area contributed by atoms with E-state index in [-0.39, 0.29) is 12.4 Å². The number of rotatable bonds is 8. The van der Waals surface area contributed by atoms with Crippen LogP contribution in [0.4, 0.5) is 4.79 Å². The maximum absolute atomic E-state index is 13.1. The van der Waals surface area contributed by atoms with Crippen molar-refractivity contribution in [2.75, 3.05) is 19.8 Å². The van der Waals surface area contributed by atoms with Crippen molar-refractivity contribution < 1.29 is 38.9 Å². The Balaban J connectivity index is 1.33. The van der Waals surface area contributed by atoms with Crippen molar-refractivity contribution in [3.05, 3.63) is 33.9 Å². The van der Waals surface area contributed by atoms with Crippen LogP contribution in [0, 0.1) is 5.41 Å². The highest BCUT2D eigenvalue weighted by atomic mass is 16.6. The maximum Gasteiger partial charge on any atom is 0.408 e. The topological polar surface area (TPSA) is 142 Å². The molecule has 2 fully saturated rings. The number of hydrogen-bond donors (Lipinski definition) is 3. The number of aliphatic hydroxyl groups excluding tert-OH is 1. The van der Waals surface area contributed by atoms with Gasteiger partial charge in [0, 0.05) is 17.5 Å². The molecule has 3 aliphatic carbocycles. The molecule has 4 rings (SSSR count). The molecule has 0 aromatic heterocycles. The molecule has 1 spiro atoms. The van der Waals surface area contributed by atoms with E-state index in [0.29, 0.717) is 37.8 Å². The van der Waals surface area contributed by atoms with Crippen LogP contribution in [-0.4, -0.2) is 81.9 Å².